The lowest BCUT2D eigenvalue weighted by Gasteiger charge is -2.05. The van der Waals surface area contributed by atoms with Crippen molar-refractivity contribution in [2.24, 2.45) is 0 Å². The van der Waals surface area contributed by atoms with Crippen LogP contribution in [-0.4, -0.2) is 27.6 Å². The third-order valence-electron chi connectivity index (χ3n) is 4.82. The number of aromatic nitrogens is 3. The van der Waals surface area contributed by atoms with Gasteiger partial charge in [0, 0.05) is 36.3 Å². The largest absolute Gasteiger partial charge is 0.448 e. The van der Waals surface area contributed by atoms with E-state index in [2.05, 4.69) is 20.4 Å². The molecular formula is C21H18N4O3. The highest BCUT2D eigenvalue weighted by Crippen LogP contribution is 2.40. The van der Waals surface area contributed by atoms with E-state index in [1.807, 2.05) is 18.2 Å². The number of nitrogens with one attached hydrogen (secondary N) is 1. The van der Waals surface area contributed by atoms with Gasteiger partial charge >= 0.3 is 0 Å². The normalized spacial score (nSPS) is 13.7. The number of pyridine rings is 1. The molecule has 0 spiro atoms. The Balaban J connectivity index is 1.34. The number of carbonyl (C=O) groups excluding carboxylic acids is 1. The van der Waals surface area contributed by atoms with Crippen molar-refractivity contribution < 1.29 is 13.7 Å². The molecule has 7 heteroatoms. The van der Waals surface area contributed by atoms with Crippen LogP contribution in [0.5, 0.6) is 0 Å². The van der Waals surface area contributed by atoms with E-state index in [1.165, 1.54) is 0 Å². The van der Waals surface area contributed by atoms with Crippen LogP contribution in [0.1, 0.15) is 40.7 Å². The second-order valence-corrected chi connectivity index (χ2v) is 6.91. The zero-order valence-corrected chi connectivity index (χ0v) is 15.1. The minimum atomic E-state index is -0.149. The first-order valence-electron chi connectivity index (χ1n) is 9.31. The number of fused-ring (bicyclic) bond motifs is 1. The molecule has 140 valence electrons. The van der Waals surface area contributed by atoms with Crippen LogP contribution in [0.15, 0.2) is 57.8 Å². The molecular weight excluding hydrogens is 356 g/mol. The van der Waals surface area contributed by atoms with Gasteiger partial charge < -0.3 is 14.3 Å². The summed E-state index contributed by atoms with van der Waals surface area (Å²) in [5, 5.41) is 7.79. The molecule has 1 amide bonds. The van der Waals surface area contributed by atoms with Gasteiger partial charge in [0.2, 0.25) is 0 Å². The fourth-order valence-electron chi connectivity index (χ4n) is 3.13. The molecule has 0 aliphatic heterocycles. The Morgan fingerprint density at radius 1 is 1.21 bits per heavy atom. The third-order valence-corrected chi connectivity index (χ3v) is 4.82. The first-order valence-corrected chi connectivity index (χ1v) is 9.31. The minimum Gasteiger partial charge on any atom is -0.448 e. The molecule has 0 saturated heterocycles. The fraction of sp³-hybridized carbons (Fsp3) is 0.238. The first kappa shape index (κ1) is 16.7. The van der Waals surface area contributed by atoms with Crippen LogP contribution in [0.4, 0.5) is 0 Å². The number of amides is 1. The quantitative estimate of drug-likeness (QED) is 0.553. The summed E-state index contributed by atoms with van der Waals surface area (Å²) in [6, 6.07) is 11.0. The van der Waals surface area contributed by atoms with E-state index >= 15 is 0 Å². The predicted octanol–water partition coefficient (Wildman–Crippen LogP) is 3.73. The summed E-state index contributed by atoms with van der Waals surface area (Å²) in [5.74, 6) is 1.02. The number of rotatable bonds is 6. The lowest BCUT2D eigenvalue weighted by atomic mass is 10.1. The molecule has 0 bridgehead atoms. The number of oxazole rings is 1. The zero-order chi connectivity index (χ0) is 18.9. The second-order valence-electron chi connectivity index (χ2n) is 6.91. The van der Waals surface area contributed by atoms with Gasteiger partial charge in [0.05, 0.1) is 5.39 Å². The Hall–Kier alpha value is -3.48. The highest BCUT2D eigenvalue weighted by atomic mass is 16.5. The van der Waals surface area contributed by atoms with Crippen LogP contribution in [-0.2, 0) is 6.42 Å². The van der Waals surface area contributed by atoms with E-state index in [4.69, 9.17) is 8.94 Å². The summed E-state index contributed by atoms with van der Waals surface area (Å²) in [6.07, 6.45) is 6.25. The molecule has 1 aliphatic rings. The topological polar surface area (TPSA) is 94.1 Å². The Morgan fingerprint density at radius 2 is 2.14 bits per heavy atom. The Labute approximate surface area is 160 Å². The first-order chi connectivity index (χ1) is 13.8. The second kappa shape index (κ2) is 6.92. The Kier molecular flexibility index (Phi) is 4.12. The zero-order valence-electron chi connectivity index (χ0n) is 15.1. The van der Waals surface area contributed by atoms with Crippen LogP contribution >= 0.6 is 0 Å². The minimum absolute atomic E-state index is 0.149. The van der Waals surface area contributed by atoms with Crippen LogP contribution < -0.4 is 5.32 Å². The van der Waals surface area contributed by atoms with Crippen LogP contribution in [0.3, 0.4) is 0 Å². The van der Waals surface area contributed by atoms with Crippen LogP contribution in [0.2, 0.25) is 0 Å². The highest BCUT2D eigenvalue weighted by Gasteiger charge is 2.29. The molecule has 0 radical (unpaired) electrons. The number of benzene rings is 1. The number of hydrogen-bond donors (Lipinski definition) is 1. The molecule has 1 aromatic carbocycles. The van der Waals surface area contributed by atoms with Crippen molar-refractivity contribution in [3.05, 3.63) is 66.0 Å². The summed E-state index contributed by atoms with van der Waals surface area (Å²) in [4.78, 5) is 21.3. The van der Waals surface area contributed by atoms with E-state index in [0.29, 0.717) is 41.4 Å². The van der Waals surface area contributed by atoms with Gasteiger partial charge in [-0.05, 0) is 43.2 Å². The number of hydrogen-bond acceptors (Lipinski definition) is 6. The van der Waals surface area contributed by atoms with Gasteiger partial charge in [-0.2, -0.15) is 0 Å². The summed E-state index contributed by atoms with van der Waals surface area (Å²) in [5.41, 5.74) is 3.32. The van der Waals surface area contributed by atoms with E-state index in [0.717, 1.165) is 29.8 Å². The average molecular weight is 374 g/mol. The van der Waals surface area contributed by atoms with Gasteiger partial charge in [-0.1, -0.05) is 11.2 Å². The van der Waals surface area contributed by atoms with Crippen molar-refractivity contribution in [3.8, 4) is 11.4 Å². The number of carbonyl (C=O) groups is 1. The van der Waals surface area contributed by atoms with Gasteiger partial charge in [-0.25, -0.2) is 4.98 Å². The lowest BCUT2D eigenvalue weighted by molar-refractivity contribution is 0.0954. The summed E-state index contributed by atoms with van der Waals surface area (Å²) >= 11 is 0. The molecule has 5 rings (SSSR count). The van der Waals surface area contributed by atoms with Crippen molar-refractivity contribution in [2.75, 3.05) is 6.54 Å². The summed E-state index contributed by atoms with van der Waals surface area (Å²) in [6.45, 7) is 0.512. The average Bonchev–Trinajstić information content (AvgIpc) is 3.31. The summed E-state index contributed by atoms with van der Waals surface area (Å²) < 4.78 is 10.9. The maximum absolute atomic E-state index is 12.5. The van der Waals surface area contributed by atoms with Crippen molar-refractivity contribution in [2.45, 2.75) is 25.2 Å². The van der Waals surface area contributed by atoms with Crippen molar-refractivity contribution >= 4 is 16.9 Å². The van der Waals surface area contributed by atoms with Gasteiger partial charge in [0.25, 0.3) is 5.91 Å². The van der Waals surface area contributed by atoms with Crippen molar-refractivity contribution in [1.29, 1.82) is 0 Å². The van der Waals surface area contributed by atoms with E-state index < -0.39 is 0 Å². The smallest absolute Gasteiger partial charge is 0.251 e. The molecule has 4 aromatic rings. The molecule has 0 unspecified atom stereocenters. The SMILES string of the molecule is O=C(NCCc1ccccn1)c1ccc2onc(-c3coc(C4CC4)n3)c2c1. The predicted molar refractivity (Wildman–Crippen MR) is 102 cm³/mol. The highest BCUT2D eigenvalue weighted by molar-refractivity contribution is 6.00. The fourth-order valence-corrected chi connectivity index (χ4v) is 3.13. The third kappa shape index (κ3) is 3.26. The van der Waals surface area contributed by atoms with Gasteiger partial charge in [-0.15, -0.1) is 0 Å². The monoisotopic (exact) mass is 374 g/mol. The van der Waals surface area contributed by atoms with Gasteiger partial charge in [0.1, 0.15) is 17.7 Å². The molecule has 1 fully saturated rings. The molecule has 28 heavy (non-hydrogen) atoms. The Bertz CT molecular complexity index is 1130. The molecule has 1 saturated carbocycles. The maximum atomic E-state index is 12.5. The van der Waals surface area contributed by atoms with Gasteiger partial charge in [0.15, 0.2) is 11.5 Å². The van der Waals surface area contributed by atoms with Crippen molar-refractivity contribution in [3.63, 3.8) is 0 Å². The molecule has 7 nitrogen and oxygen atoms in total. The van der Waals surface area contributed by atoms with Crippen LogP contribution in [0, 0.1) is 0 Å². The van der Waals surface area contributed by atoms with Crippen LogP contribution in [0.25, 0.3) is 22.4 Å². The number of nitrogens with zero attached hydrogens (tertiary/aromatic N) is 3. The standard InChI is InChI=1S/C21H18N4O3/c26-20(23-10-8-15-3-1-2-9-22-15)14-6-7-18-16(11-14)19(25-28-18)17-12-27-21(24-17)13-4-5-13/h1-3,6-7,9,11-13H,4-5,8,10H2,(H,23,26). The Morgan fingerprint density at radius 3 is 2.96 bits per heavy atom. The van der Waals surface area contributed by atoms with E-state index in [1.54, 1.807) is 30.7 Å². The molecule has 1 N–H and O–H groups in total. The molecule has 0 atom stereocenters. The van der Waals surface area contributed by atoms with E-state index in [-0.39, 0.29) is 5.91 Å². The van der Waals surface area contributed by atoms with E-state index in [9.17, 15) is 4.79 Å². The summed E-state index contributed by atoms with van der Waals surface area (Å²) in [7, 11) is 0. The van der Waals surface area contributed by atoms with Gasteiger partial charge in [-0.3, -0.25) is 9.78 Å². The molecule has 3 aromatic heterocycles. The maximum Gasteiger partial charge on any atom is 0.251 e. The van der Waals surface area contributed by atoms with Crippen molar-refractivity contribution in [1.82, 2.24) is 20.4 Å². The molecule has 1 aliphatic carbocycles. The lowest BCUT2D eigenvalue weighted by Crippen LogP contribution is -2.25. The molecule has 3 heterocycles.